The summed E-state index contributed by atoms with van der Waals surface area (Å²) in [4.78, 5) is 12.2. The zero-order valence-corrected chi connectivity index (χ0v) is 8.03. The summed E-state index contributed by atoms with van der Waals surface area (Å²) in [7, 11) is 1.72. The summed E-state index contributed by atoms with van der Waals surface area (Å²) in [6, 6.07) is 6.48. The van der Waals surface area contributed by atoms with Crippen molar-refractivity contribution in [1.82, 2.24) is 4.90 Å². The van der Waals surface area contributed by atoms with Crippen molar-refractivity contribution >= 4 is 5.91 Å². The Bertz CT molecular complexity index is 328. The van der Waals surface area contributed by atoms with Crippen LogP contribution < -0.4 is 5.73 Å². The van der Waals surface area contributed by atoms with Crippen LogP contribution in [0.1, 0.15) is 5.56 Å². The van der Waals surface area contributed by atoms with Gasteiger partial charge in [0.25, 0.3) is 0 Å². The van der Waals surface area contributed by atoms with Gasteiger partial charge in [-0.15, -0.1) is 0 Å². The van der Waals surface area contributed by atoms with Gasteiger partial charge in [-0.3, -0.25) is 9.69 Å². The quantitative estimate of drug-likeness (QED) is 0.772. The Morgan fingerprint density at radius 2 is 2.14 bits per heavy atom. The third-order valence-corrected chi connectivity index (χ3v) is 1.82. The van der Waals surface area contributed by atoms with E-state index in [9.17, 15) is 9.18 Å². The van der Waals surface area contributed by atoms with E-state index in [1.807, 2.05) is 0 Å². The molecule has 0 heterocycles. The Balaban J connectivity index is 2.60. The van der Waals surface area contributed by atoms with Crippen LogP contribution in [0.3, 0.4) is 0 Å². The predicted octanol–water partition coefficient (Wildman–Crippen LogP) is 0.743. The maximum absolute atomic E-state index is 13.1. The average molecular weight is 196 g/mol. The summed E-state index contributed by atoms with van der Waals surface area (Å²) in [6.07, 6.45) is 0. The lowest BCUT2D eigenvalue weighted by atomic mass is 10.2. The average Bonchev–Trinajstić information content (AvgIpc) is 2.07. The standard InChI is InChI=1S/C10H13FN2O/c1-13(7-10(12)14)6-8-4-2-3-5-9(8)11/h2-5H,6-7H2,1H3,(H2,12,14). The minimum atomic E-state index is -0.413. The molecule has 4 heteroatoms. The Kier molecular flexibility index (Phi) is 3.59. The molecular formula is C10H13FN2O. The van der Waals surface area contributed by atoms with E-state index < -0.39 is 5.91 Å². The number of nitrogens with zero attached hydrogens (tertiary/aromatic N) is 1. The highest BCUT2D eigenvalue weighted by atomic mass is 19.1. The molecule has 1 aromatic rings. The second-order valence-corrected chi connectivity index (χ2v) is 3.23. The molecule has 0 unspecified atom stereocenters. The minimum Gasteiger partial charge on any atom is -0.369 e. The van der Waals surface area contributed by atoms with Crippen molar-refractivity contribution in [3.63, 3.8) is 0 Å². The highest BCUT2D eigenvalue weighted by Crippen LogP contribution is 2.08. The number of primary amides is 1. The summed E-state index contributed by atoms with van der Waals surface area (Å²) in [5, 5.41) is 0. The number of carbonyl (C=O) groups is 1. The summed E-state index contributed by atoms with van der Waals surface area (Å²) in [6.45, 7) is 0.518. The van der Waals surface area contributed by atoms with Gasteiger partial charge in [-0.2, -0.15) is 0 Å². The van der Waals surface area contributed by atoms with E-state index in [0.717, 1.165) is 0 Å². The fourth-order valence-corrected chi connectivity index (χ4v) is 1.24. The van der Waals surface area contributed by atoms with Crippen molar-refractivity contribution in [1.29, 1.82) is 0 Å². The number of amides is 1. The molecule has 0 fully saturated rings. The van der Waals surface area contributed by atoms with Crippen molar-refractivity contribution in [3.05, 3.63) is 35.6 Å². The first-order valence-corrected chi connectivity index (χ1v) is 4.30. The van der Waals surface area contributed by atoms with Crippen LogP contribution in [0.25, 0.3) is 0 Å². The van der Waals surface area contributed by atoms with Crippen molar-refractivity contribution in [2.45, 2.75) is 6.54 Å². The molecule has 0 saturated heterocycles. The Labute approximate surface area is 82.3 Å². The van der Waals surface area contributed by atoms with Gasteiger partial charge in [-0.25, -0.2) is 4.39 Å². The summed E-state index contributed by atoms with van der Waals surface area (Å²) in [5.74, 6) is -0.673. The molecular weight excluding hydrogens is 183 g/mol. The largest absolute Gasteiger partial charge is 0.369 e. The molecule has 3 nitrogen and oxygen atoms in total. The molecule has 0 bridgehead atoms. The molecule has 76 valence electrons. The third-order valence-electron chi connectivity index (χ3n) is 1.82. The van der Waals surface area contributed by atoms with Crippen LogP contribution in [0.15, 0.2) is 24.3 Å². The van der Waals surface area contributed by atoms with Gasteiger partial charge < -0.3 is 5.73 Å². The number of benzene rings is 1. The highest BCUT2D eigenvalue weighted by Gasteiger charge is 2.06. The van der Waals surface area contributed by atoms with E-state index in [0.29, 0.717) is 12.1 Å². The lowest BCUT2D eigenvalue weighted by molar-refractivity contribution is -0.118. The van der Waals surface area contributed by atoms with Gasteiger partial charge >= 0.3 is 0 Å². The van der Waals surface area contributed by atoms with Crippen molar-refractivity contribution in [2.24, 2.45) is 5.73 Å². The first-order chi connectivity index (χ1) is 6.59. The zero-order chi connectivity index (χ0) is 10.6. The molecule has 1 rings (SSSR count). The first kappa shape index (κ1) is 10.7. The molecule has 0 atom stereocenters. The van der Waals surface area contributed by atoms with Crippen LogP contribution in [0.2, 0.25) is 0 Å². The van der Waals surface area contributed by atoms with Gasteiger partial charge in [-0.05, 0) is 13.1 Å². The summed E-state index contributed by atoms with van der Waals surface area (Å²) in [5.41, 5.74) is 5.58. The molecule has 0 radical (unpaired) electrons. The highest BCUT2D eigenvalue weighted by molar-refractivity contribution is 5.75. The number of hydrogen-bond acceptors (Lipinski definition) is 2. The van der Waals surface area contributed by atoms with E-state index in [1.165, 1.54) is 6.07 Å². The van der Waals surface area contributed by atoms with Gasteiger partial charge in [0.05, 0.1) is 6.54 Å². The van der Waals surface area contributed by atoms with Gasteiger partial charge in [0.1, 0.15) is 5.82 Å². The van der Waals surface area contributed by atoms with E-state index in [1.54, 1.807) is 30.1 Å². The molecule has 14 heavy (non-hydrogen) atoms. The summed E-state index contributed by atoms with van der Waals surface area (Å²) < 4.78 is 13.1. The Morgan fingerprint density at radius 1 is 1.50 bits per heavy atom. The fraction of sp³-hybridized carbons (Fsp3) is 0.300. The number of rotatable bonds is 4. The van der Waals surface area contributed by atoms with Crippen LogP contribution in [0, 0.1) is 5.82 Å². The van der Waals surface area contributed by atoms with Crippen molar-refractivity contribution in [2.75, 3.05) is 13.6 Å². The maximum atomic E-state index is 13.1. The Morgan fingerprint density at radius 3 is 2.71 bits per heavy atom. The monoisotopic (exact) mass is 196 g/mol. The lowest BCUT2D eigenvalue weighted by Crippen LogP contribution is -2.30. The second-order valence-electron chi connectivity index (χ2n) is 3.23. The van der Waals surface area contributed by atoms with Gasteiger partial charge in [0, 0.05) is 12.1 Å². The van der Waals surface area contributed by atoms with Gasteiger partial charge in [0.2, 0.25) is 5.91 Å². The minimum absolute atomic E-state index is 0.133. The van der Waals surface area contributed by atoms with E-state index >= 15 is 0 Å². The third kappa shape index (κ3) is 3.14. The molecule has 1 aromatic carbocycles. The Hall–Kier alpha value is -1.42. The number of halogens is 1. The van der Waals surface area contributed by atoms with E-state index in [-0.39, 0.29) is 12.4 Å². The molecule has 0 aliphatic heterocycles. The number of nitrogens with two attached hydrogens (primary N) is 1. The van der Waals surface area contributed by atoms with Crippen LogP contribution in [0.4, 0.5) is 4.39 Å². The second kappa shape index (κ2) is 4.72. The molecule has 2 N–H and O–H groups in total. The van der Waals surface area contributed by atoms with Gasteiger partial charge in [0.15, 0.2) is 0 Å². The van der Waals surface area contributed by atoms with Crippen molar-refractivity contribution in [3.8, 4) is 0 Å². The van der Waals surface area contributed by atoms with Crippen LogP contribution in [0.5, 0.6) is 0 Å². The normalized spacial score (nSPS) is 10.5. The van der Waals surface area contributed by atoms with Crippen LogP contribution in [-0.2, 0) is 11.3 Å². The van der Waals surface area contributed by atoms with Crippen LogP contribution >= 0.6 is 0 Å². The van der Waals surface area contributed by atoms with Crippen LogP contribution in [-0.4, -0.2) is 24.4 Å². The summed E-state index contributed by atoms with van der Waals surface area (Å²) >= 11 is 0. The number of hydrogen-bond donors (Lipinski definition) is 1. The number of carbonyl (C=O) groups excluding carboxylic acids is 1. The first-order valence-electron chi connectivity index (χ1n) is 4.30. The zero-order valence-electron chi connectivity index (χ0n) is 8.03. The fourth-order valence-electron chi connectivity index (χ4n) is 1.24. The molecule has 0 saturated carbocycles. The maximum Gasteiger partial charge on any atom is 0.231 e. The molecule has 0 aromatic heterocycles. The topological polar surface area (TPSA) is 46.3 Å². The predicted molar refractivity (Wildman–Crippen MR) is 51.9 cm³/mol. The SMILES string of the molecule is CN(CC(N)=O)Cc1ccccc1F. The molecule has 1 amide bonds. The van der Waals surface area contributed by atoms with Gasteiger partial charge in [-0.1, -0.05) is 18.2 Å². The molecule has 0 aliphatic carbocycles. The lowest BCUT2D eigenvalue weighted by Gasteiger charge is -2.14. The van der Waals surface area contributed by atoms with Crippen molar-refractivity contribution < 1.29 is 9.18 Å². The number of likely N-dealkylation sites (N-methyl/N-ethyl adjacent to an activating group) is 1. The molecule has 0 aliphatic rings. The van der Waals surface area contributed by atoms with E-state index in [2.05, 4.69) is 0 Å². The molecule has 0 spiro atoms. The van der Waals surface area contributed by atoms with E-state index in [4.69, 9.17) is 5.73 Å². The smallest absolute Gasteiger partial charge is 0.231 e.